The highest BCUT2D eigenvalue weighted by Crippen LogP contribution is 2.33. The van der Waals surface area contributed by atoms with E-state index in [-0.39, 0.29) is 18.6 Å². The van der Waals surface area contributed by atoms with Gasteiger partial charge in [-0.2, -0.15) is 0 Å². The van der Waals surface area contributed by atoms with Gasteiger partial charge in [0.15, 0.2) is 6.61 Å². The van der Waals surface area contributed by atoms with Crippen LogP contribution in [0.15, 0.2) is 54.3 Å². The number of rotatable bonds is 5. The normalized spacial score (nSPS) is 16.9. The van der Waals surface area contributed by atoms with Crippen LogP contribution in [0.3, 0.4) is 0 Å². The second kappa shape index (κ2) is 8.26. The first kappa shape index (κ1) is 17.6. The van der Waals surface area contributed by atoms with E-state index in [2.05, 4.69) is 9.97 Å². The average Bonchev–Trinajstić information content (AvgIpc) is 3.23. The third-order valence-corrected chi connectivity index (χ3v) is 5.46. The highest BCUT2D eigenvalue weighted by molar-refractivity contribution is 7.13. The summed E-state index contributed by atoms with van der Waals surface area (Å²) >= 11 is 1.54. The van der Waals surface area contributed by atoms with Gasteiger partial charge in [0.1, 0.15) is 16.5 Å². The van der Waals surface area contributed by atoms with Crippen LogP contribution in [0, 0.1) is 0 Å². The van der Waals surface area contributed by atoms with E-state index in [1.165, 1.54) is 11.3 Å². The first-order valence-corrected chi connectivity index (χ1v) is 9.88. The number of para-hydroxylation sites is 1. The maximum absolute atomic E-state index is 12.8. The van der Waals surface area contributed by atoms with Crippen molar-refractivity contribution in [3.8, 4) is 16.5 Å². The monoisotopic (exact) mass is 380 g/mol. The number of hydrogen-bond donors (Lipinski definition) is 0. The third kappa shape index (κ3) is 4.14. The molecule has 0 bridgehead atoms. The van der Waals surface area contributed by atoms with Gasteiger partial charge in [-0.1, -0.05) is 18.2 Å². The maximum atomic E-state index is 12.8. The molecule has 7 heteroatoms. The molecular formula is C20H20N4O2S. The number of nitrogens with zero attached hydrogens (tertiary/aromatic N) is 4. The van der Waals surface area contributed by atoms with Crippen LogP contribution in [-0.2, 0) is 4.79 Å². The van der Waals surface area contributed by atoms with E-state index in [1.54, 1.807) is 18.6 Å². The summed E-state index contributed by atoms with van der Waals surface area (Å²) in [5, 5.41) is 2.86. The van der Waals surface area contributed by atoms with E-state index < -0.39 is 0 Å². The fraction of sp³-hybridized carbons (Fsp3) is 0.300. The van der Waals surface area contributed by atoms with Crippen molar-refractivity contribution in [2.45, 2.75) is 25.3 Å². The fourth-order valence-corrected chi connectivity index (χ4v) is 4.08. The van der Waals surface area contributed by atoms with Crippen molar-refractivity contribution in [1.29, 1.82) is 0 Å². The smallest absolute Gasteiger partial charge is 0.261 e. The van der Waals surface area contributed by atoms with Gasteiger partial charge in [0, 0.05) is 24.3 Å². The van der Waals surface area contributed by atoms with Crippen molar-refractivity contribution >= 4 is 17.2 Å². The van der Waals surface area contributed by atoms with Gasteiger partial charge in [-0.3, -0.25) is 14.8 Å². The number of benzene rings is 1. The summed E-state index contributed by atoms with van der Waals surface area (Å²) in [7, 11) is 0. The standard InChI is InChI=1S/C20H20N4O2S/c25-19(13-26-15-6-2-1-3-7-15)24-11-5-4-8-18(24)17-14-27-20(23-17)16-12-21-9-10-22-16/h1-3,6-7,9-10,12,14,18H,4-5,8,11,13H2. The molecule has 1 unspecified atom stereocenters. The molecule has 138 valence electrons. The molecule has 1 amide bonds. The summed E-state index contributed by atoms with van der Waals surface area (Å²) in [6, 6.07) is 9.42. The van der Waals surface area contributed by atoms with E-state index in [0.717, 1.165) is 42.2 Å². The van der Waals surface area contributed by atoms with Crippen molar-refractivity contribution in [3.05, 3.63) is 60.0 Å². The lowest BCUT2D eigenvalue weighted by molar-refractivity contribution is -0.137. The van der Waals surface area contributed by atoms with Crippen LogP contribution in [0.5, 0.6) is 5.75 Å². The molecule has 1 atom stereocenters. The number of amides is 1. The molecule has 2 aromatic heterocycles. The van der Waals surface area contributed by atoms with Gasteiger partial charge >= 0.3 is 0 Å². The largest absolute Gasteiger partial charge is 0.484 e. The van der Waals surface area contributed by atoms with Crippen LogP contribution in [-0.4, -0.2) is 38.9 Å². The van der Waals surface area contributed by atoms with Crippen LogP contribution in [0.1, 0.15) is 31.0 Å². The molecule has 1 saturated heterocycles. The average molecular weight is 380 g/mol. The van der Waals surface area contributed by atoms with Crippen molar-refractivity contribution in [2.24, 2.45) is 0 Å². The van der Waals surface area contributed by atoms with Crippen LogP contribution >= 0.6 is 11.3 Å². The van der Waals surface area contributed by atoms with E-state index in [1.807, 2.05) is 40.6 Å². The molecule has 0 spiro atoms. The Hall–Kier alpha value is -2.80. The van der Waals surface area contributed by atoms with Gasteiger partial charge < -0.3 is 9.64 Å². The molecule has 0 saturated carbocycles. The van der Waals surface area contributed by atoms with Gasteiger partial charge in [-0.05, 0) is 31.4 Å². The molecule has 0 N–H and O–H groups in total. The van der Waals surface area contributed by atoms with Crippen molar-refractivity contribution in [2.75, 3.05) is 13.2 Å². The first-order valence-electron chi connectivity index (χ1n) is 9.00. The number of carbonyl (C=O) groups is 1. The summed E-state index contributed by atoms with van der Waals surface area (Å²) < 4.78 is 5.65. The SMILES string of the molecule is O=C(COc1ccccc1)N1CCCCC1c1csc(-c2cnccn2)n1. The topological polar surface area (TPSA) is 68.2 Å². The molecule has 0 radical (unpaired) electrons. The van der Waals surface area contributed by atoms with E-state index in [4.69, 9.17) is 9.72 Å². The molecule has 4 rings (SSSR count). The molecule has 6 nitrogen and oxygen atoms in total. The summed E-state index contributed by atoms with van der Waals surface area (Å²) in [5.41, 5.74) is 1.68. The highest BCUT2D eigenvalue weighted by Gasteiger charge is 2.30. The zero-order valence-electron chi connectivity index (χ0n) is 14.8. The lowest BCUT2D eigenvalue weighted by Crippen LogP contribution is -2.41. The van der Waals surface area contributed by atoms with Gasteiger partial charge in [0.05, 0.1) is 17.9 Å². The molecule has 0 aliphatic carbocycles. The number of aromatic nitrogens is 3. The highest BCUT2D eigenvalue weighted by atomic mass is 32.1. The van der Waals surface area contributed by atoms with Crippen LogP contribution in [0.25, 0.3) is 10.7 Å². The van der Waals surface area contributed by atoms with E-state index >= 15 is 0 Å². The van der Waals surface area contributed by atoms with Crippen molar-refractivity contribution < 1.29 is 9.53 Å². The first-order chi connectivity index (χ1) is 13.3. The Morgan fingerprint density at radius 3 is 2.93 bits per heavy atom. The lowest BCUT2D eigenvalue weighted by Gasteiger charge is -2.34. The second-order valence-corrected chi connectivity index (χ2v) is 7.23. The molecular weight excluding hydrogens is 360 g/mol. The summed E-state index contributed by atoms with van der Waals surface area (Å²) in [6.07, 6.45) is 8.03. The number of ether oxygens (including phenoxy) is 1. The molecule has 1 aliphatic heterocycles. The van der Waals surface area contributed by atoms with Crippen molar-refractivity contribution in [1.82, 2.24) is 19.9 Å². The molecule has 1 aliphatic rings. The van der Waals surface area contributed by atoms with Gasteiger partial charge in [0.25, 0.3) is 5.91 Å². The Balaban J connectivity index is 1.47. The zero-order valence-corrected chi connectivity index (χ0v) is 15.6. The molecule has 3 aromatic rings. The summed E-state index contributed by atoms with van der Waals surface area (Å²) in [4.78, 5) is 27.8. The Labute approximate surface area is 161 Å². The van der Waals surface area contributed by atoms with Gasteiger partial charge in [0.2, 0.25) is 0 Å². The molecule has 27 heavy (non-hydrogen) atoms. The predicted molar refractivity (Wildman–Crippen MR) is 103 cm³/mol. The Morgan fingerprint density at radius 2 is 2.11 bits per heavy atom. The molecule has 1 aromatic carbocycles. The third-order valence-electron chi connectivity index (χ3n) is 4.57. The molecule has 3 heterocycles. The molecule has 1 fully saturated rings. The lowest BCUT2D eigenvalue weighted by atomic mass is 10.00. The number of thiazole rings is 1. The van der Waals surface area contributed by atoms with Crippen LogP contribution in [0.4, 0.5) is 0 Å². The Morgan fingerprint density at radius 1 is 1.22 bits per heavy atom. The minimum Gasteiger partial charge on any atom is -0.484 e. The van der Waals surface area contributed by atoms with Crippen molar-refractivity contribution in [3.63, 3.8) is 0 Å². The Kier molecular flexibility index (Phi) is 5.39. The number of likely N-dealkylation sites (tertiary alicyclic amines) is 1. The predicted octanol–water partition coefficient (Wildman–Crippen LogP) is 3.73. The summed E-state index contributed by atoms with van der Waals surface area (Å²) in [6.45, 7) is 0.779. The minimum atomic E-state index is -0.00713. The van der Waals surface area contributed by atoms with Crippen LogP contribution < -0.4 is 4.74 Å². The number of carbonyl (C=O) groups excluding carboxylic acids is 1. The van der Waals surface area contributed by atoms with E-state index in [0.29, 0.717) is 5.75 Å². The van der Waals surface area contributed by atoms with Gasteiger partial charge in [-0.25, -0.2) is 4.98 Å². The maximum Gasteiger partial charge on any atom is 0.261 e. The quantitative estimate of drug-likeness (QED) is 0.675. The minimum absolute atomic E-state index is 0.00222. The summed E-state index contributed by atoms with van der Waals surface area (Å²) in [5.74, 6) is 0.704. The van der Waals surface area contributed by atoms with Gasteiger partial charge in [-0.15, -0.1) is 11.3 Å². The van der Waals surface area contributed by atoms with E-state index in [9.17, 15) is 4.79 Å². The Bertz CT molecular complexity index is 885. The number of piperidine rings is 1. The zero-order chi connectivity index (χ0) is 18.5. The fourth-order valence-electron chi connectivity index (χ4n) is 3.25. The number of hydrogen-bond acceptors (Lipinski definition) is 6. The second-order valence-electron chi connectivity index (χ2n) is 6.37. The van der Waals surface area contributed by atoms with Crippen LogP contribution in [0.2, 0.25) is 0 Å².